The quantitative estimate of drug-likeness (QED) is 0.829. The van der Waals surface area contributed by atoms with Crippen LogP contribution in [-0.2, 0) is 16.1 Å². The number of aromatic nitrogens is 3. The summed E-state index contributed by atoms with van der Waals surface area (Å²) in [6, 6.07) is 0. The third-order valence-electron chi connectivity index (χ3n) is 4.17. The van der Waals surface area contributed by atoms with Crippen LogP contribution in [0.25, 0.3) is 0 Å². The average Bonchev–Trinajstić information content (AvgIpc) is 3.25. The Labute approximate surface area is 136 Å². The van der Waals surface area contributed by atoms with E-state index in [9.17, 15) is 4.79 Å². The molecule has 3 heterocycles. The average molecular weight is 320 g/mol. The largest absolute Gasteiger partial charge is 0.381 e. The number of carbonyl (C=O) groups excluding carboxylic acids is 1. The molecule has 1 aromatic heterocycles. The highest BCUT2D eigenvalue weighted by molar-refractivity contribution is 5.78. The van der Waals surface area contributed by atoms with Crippen molar-refractivity contribution < 1.29 is 9.53 Å². The third-order valence-corrected chi connectivity index (χ3v) is 4.17. The van der Waals surface area contributed by atoms with Gasteiger partial charge in [-0.3, -0.25) is 4.79 Å². The number of hydrogen-bond donors (Lipinski definition) is 1. The summed E-state index contributed by atoms with van der Waals surface area (Å²) in [5.74, 6) is 1.88. The number of ether oxygens (including phenoxy) is 1. The van der Waals surface area contributed by atoms with Crippen molar-refractivity contribution in [2.75, 3.05) is 50.2 Å². The second kappa shape index (κ2) is 7.08. The first-order valence-electron chi connectivity index (χ1n) is 8.16. The minimum atomic E-state index is -0.0526. The summed E-state index contributed by atoms with van der Waals surface area (Å²) in [5.41, 5.74) is 0. The van der Waals surface area contributed by atoms with Crippen molar-refractivity contribution in [3.05, 3.63) is 5.82 Å². The van der Waals surface area contributed by atoms with Crippen molar-refractivity contribution in [1.82, 2.24) is 20.3 Å². The van der Waals surface area contributed by atoms with Gasteiger partial charge in [0.05, 0.1) is 19.1 Å². The molecule has 2 aliphatic heterocycles. The number of nitrogens with zero attached hydrogens (tertiary/aromatic N) is 5. The molecule has 0 spiro atoms. The second-order valence-corrected chi connectivity index (χ2v) is 6.22. The highest BCUT2D eigenvalue weighted by atomic mass is 16.5. The van der Waals surface area contributed by atoms with E-state index in [0.29, 0.717) is 37.5 Å². The maximum Gasteiger partial charge on any atom is 0.230 e. The van der Waals surface area contributed by atoms with Crippen LogP contribution in [0.4, 0.5) is 11.9 Å². The smallest absolute Gasteiger partial charge is 0.230 e. The second-order valence-electron chi connectivity index (χ2n) is 6.22. The lowest BCUT2D eigenvalue weighted by Crippen LogP contribution is -2.32. The number of amides is 1. The third kappa shape index (κ3) is 3.87. The van der Waals surface area contributed by atoms with Crippen LogP contribution in [-0.4, -0.2) is 61.3 Å². The van der Waals surface area contributed by atoms with E-state index in [1.807, 2.05) is 19.0 Å². The van der Waals surface area contributed by atoms with Crippen molar-refractivity contribution >= 4 is 17.8 Å². The molecule has 2 fully saturated rings. The number of carbonyl (C=O) groups is 1. The molecule has 1 N–H and O–H groups in total. The van der Waals surface area contributed by atoms with Crippen molar-refractivity contribution in [3.63, 3.8) is 0 Å². The predicted octanol–water partition coefficient (Wildman–Crippen LogP) is 0.191. The number of anilines is 2. The Kier molecular flexibility index (Phi) is 4.90. The Morgan fingerprint density at radius 3 is 2.74 bits per heavy atom. The number of rotatable bonds is 5. The van der Waals surface area contributed by atoms with Crippen LogP contribution in [0.1, 0.15) is 25.1 Å². The molecule has 126 valence electrons. The van der Waals surface area contributed by atoms with Crippen molar-refractivity contribution in [2.45, 2.75) is 25.8 Å². The predicted molar refractivity (Wildman–Crippen MR) is 86.4 cm³/mol. The lowest BCUT2D eigenvalue weighted by atomic mass is 10.1. The van der Waals surface area contributed by atoms with Crippen LogP contribution >= 0.6 is 0 Å². The minimum absolute atomic E-state index is 0.0111. The van der Waals surface area contributed by atoms with Gasteiger partial charge in [-0.1, -0.05) is 0 Å². The number of nitrogens with one attached hydrogen (secondary N) is 1. The molecular weight excluding hydrogens is 296 g/mol. The maximum absolute atomic E-state index is 12.1. The van der Waals surface area contributed by atoms with Crippen LogP contribution in [0.2, 0.25) is 0 Å². The molecule has 0 radical (unpaired) electrons. The molecule has 1 aromatic rings. The van der Waals surface area contributed by atoms with Crippen LogP contribution in [0.15, 0.2) is 0 Å². The zero-order valence-corrected chi connectivity index (χ0v) is 13.8. The zero-order valence-electron chi connectivity index (χ0n) is 13.8. The van der Waals surface area contributed by atoms with E-state index in [-0.39, 0.29) is 11.8 Å². The molecule has 8 heteroatoms. The monoisotopic (exact) mass is 320 g/mol. The fourth-order valence-electron chi connectivity index (χ4n) is 2.78. The summed E-state index contributed by atoms with van der Waals surface area (Å²) in [4.78, 5) is 29.6. The van der Waals surface area contributed by atoms with Crippen LogP contribution in [0.3, 0.4) is 0 Å². The van der Waals surface area contributed by atoms with Gasteiger partial charge in [0, 0.05) is 33.8 Å². The molecule has 0 saturated carbocycles. The lowest BCUT2D eigenvalue weighted by Gasteiger charge is -2.19. The first kappa shape index (κ1) is 15.9. The van der Waals surface area contributed by atoms with Crippen molar-refractivity contribution in [2.24, 2.45) is 5.92 Å². The molecule has 23 heavy (non-hydrogen) atoms. The highest BCUT2D eigenvalue weighted by Crippen LogP contribution is 2.18. The van der Waals surface area contributed by atoms with Gasteiger partial charge in [0.15, 0.2) is 5.82 Å². The van der Waals surface area contributed by atoms with Gasteiger partial charge < -0.3 is 19.9 Å². The zero-order chi connectivity index (χ0) is 16.2. The van der Waals surface area contributed by atoms with E-state index < -0.39 is 0 Å². The van der Waals surface area contributed by atoms with Crippen molar-refractivity contribution in [1.29, 1.82) is 0 Å². The normalized spacial score (nSPS) is 20.8. The Morgan fingerprint density at radius 1 is 1.30 bits per heavy atom. The molecule has 1 amide bonds. The van der Waals surface area contributed by atoms with Gasteiger partial charge >= 0.3 is 0 Å². The Balaban J connectivity index is 1.70. The van der Waals surface area contributed by atoms with Crippen LogP contribution < -0.4 is 15.1 Å². The molecule has 0 unspecified atom stereocenters. The Morgan fingerprint density at radius 2 is 2.09 bits per heavy atom. The van der Waals surface area contributed by atoms with Gasteiger partial charge in [-0.15, -0.1) is 0 Å². The fraction of sp³-hybridized carbons (Fsp3) is 0.733. The van der Waals surface area contributed by atoms with E-state index in [1.165, 1.54) is 0 Å². The van der Waals surface area contributed by atoms with Crippen LogP contribution in [0, 0.1) is 5.92 Å². The van der Waals surface area contributed by atoms with E-state index in [1.54, 1.807) is 0 Å². The topological polar surface area (TPSA) is 83.5 Å². The molecule has 3 rings (SSSR count). The van der Waals surface area contributed by atoms with Gasteiger partial charge in [0.1, 0.15) is 0 Å². The van der Waals surface area contributed by atoms with Crippen LogP contribution in [0.5, 0.6) is 0 Å². The molecule has 0 bridgehead atoms. The van der Waals surface area contributed by atoms with Gasteiger partial charge in [-0.2, -0.15) is 15.0 Å². The SMILES string of the molecule is CN(C)c1nc(CNC(=O)[C@@H]2CCOC2)nc(N2CCCC2)n1. The maximum atomic E-state index is 12.1. The molecular formula is C15H24N6O2. The Hall–Kier alpha value is -1.96. The van der Waals surface area contributed by atoms with Gasteiger partial charge in [0.25, 0.3) is 0 Å². The fourth-order valence-corrected chi connectivity index (χ4v) is 2.78. The van der Waals surface area contributed by atoms with Gasteiger partial charge in [0.2, 0.25) is 17.8 Å². The summed E-state index contributed by atoms with van der Waals surface area (Å²) >= 11 is 0. The van der Waals surface area contributed by atoms with E-state index in [4.69, 9.17) is 4.74 Å². The molecule has 2 saturated heterocycles. The lowest BCUT2D eigenvalue weighted by molar-refractivity contribution is -0.125. The molecule has 2 aliphatic rings. The van der Waals surface area contributed by atoms with E-state index >= 15 is 0 Å². The molecule has 8 nitrogen and oxygen atoms in total. The summed E-state index contributed by atoms with van der Waals surface area (Å²) in [7, 11) is 3.81. The summed E-state index contributed by atoms with van der Waals surface area (Å²) in [6.07, 6.45) is 3.11. The van der Waals surface area contributed by atoms with Gasteiger partial charge in [-0.25, -0.2) is 0 Å². The highest BCUT2D eigenvalue weighted by Gasteiger charge is 2.24. The first-order valence-corrected chi connectivity index (χ1v) is 8.16. The summed E-state index contributed by atoms with van der Waals surface area (Å²) in [5, 5.41) is 2.92. The molecule has 0 aromatic carbocycles. The first-order chi connectivity index (χ1) is 11.1. The minimum Gasteiger partial charge on any atom is -0.381 e. The van der Waals surface area contributed by atoms with Gasteiger partial charge in [-0.05, 0) is 19.3 Å². The summed E-state index contributed by atoms with van der Waals surface area (Å²) < 4.78 is 5.25. The molecule has 0 aliphatic carbocycles. The van der Waals surface area contributed by atoms with E-state index in [0.717, 1.165) is 32.4 Å². The number of hydrogen-bond acceptors (Lipinski definition) is 7. The molecule has 1 atom stereocenters. The summed E-state index contributed by atoms with van der Waals surface area (Å²) in [6.45, 7) is 3.43. The Bertz CT molecular complexity index is 553. The van der Waals surface area contributed by atoms with E-state index in [2.05, 4.69) is 25.2 Å². The standard InChI is InChI=1S/C15H24N6O2/c1-20(2)14-17-12(9-16-13(22)11-5-8-23-10-11)18-15(19-14)21-6-3-4-7-21/h11H,3-10H2,1-2H3,(H,16,22)/t11-/m1/s1. The van der Waals surface area contributed by atoms with Crippen molar-refractivity contribution in [3.8, 4) is 0 Å².